The van der Waals surface area contributed by atoms with Crippen LogP contribution in [0.5, 0.6) is 0 Å². The molecular weight excluding hydrogens is 336 g/mol. The van der Waals surface area contributed by atoms with Crippen molar-refractivity contribution in [3.05, 3.63) is 16.1 Å². The van der Waals surface area contributed by atoms with Crippen LogP contribution in [0, 0.1) is 0 Å². The minimum atomic E-state index is 0.0983. The summed E-state index contributed by atoms with van der Waals surface area (Å²) >= 11 is 1.71. The SMILES string of the molecule is CCc1nc(CNC(=NC)N2CCN(CC(=O)NC(C)C)CC2)cs1. The van der Waals surface area contributed by atoms with Crippen LogP contribution in [0.25, 0.3) is 0 Å². The van der Waals surface area contributed by atoms with E-state index in [0.717, 1.165) is 44.3 Å². The Morgan fingerprint density at radius 2 is 2.08 bits per heavy atom. The summed E-state index contributed by atoms with van der Waals surface area (Å²) in [7, 11) is 1.81. The molecule has 0 aliphatic carbocycles. The number of thiazole rings is 1. The number of piperazine rings is 1. The maximum Gasteiger partial charge on any atom is 0.234 e. The first-order valence-electron chi connectivity index (χ1n) is 8.92. The number of nitrogens with zero attached hydrogens (tertiary/aromatic N) is 4. The molecule has 1 fully saturated rings. The Bertz CT molecular complexity index is 577. The molecule has 0 aromatic carbocycles. The number of amides is 1. The van der Waals surface area contributed by atoms with E-state index in [1.165, 1.54) is 5.01 Å². The average molecular weight is 367 g/mol. The van der Waals surface area contributed by atoms with Crippen LogP contribution in [0.4, 0.5) is 0 Å². The van der Waals surface area contributed by atoms with Crippen molar-refractivity contribution in [2.45, 2.75) is 39.8 Å². The van der Waals surface area contributed by atoms with Crippen molar-refractivity contribution in [3.8, 4) is 0 Å². The Hall–Kier alpha value is -1.67. The third-order valence-electron chi connectivity index (χ3n) is 4.03. The van der Waals surface area contributed by atoms with Gasteiger partial charge in [-0.3, -0.25) is 14.7 Å². The summed E-state index contributed by atoms with van der Waals surface area (Å²) in [6.45, 7) is 10.7. The van der Waals surface area contributed by atoms with Crippen LogP contribution in [0.2, 0.25) is 0 Å². The summed E-state index contributed by atoms with van der Waals surface area (Å²) in [4.78, 5) is 25.3. The second-order valence-electron chi connectivity index (χ2n) is 6.47. The van der Waals surface area contributed by atoms with Gasteiger partial charge in [0.2, 0.25) is 5.91 Å². The van der Waals surface area contributed by atoms with Gasteiger partial charge in [-0.25, -0.2) is 4.98 Å². The lowest BCUT2D eigenvalue weighted by Crippen LogP contribution is -2.54. The third kappa shape index (κ3) is 6.28. The molecule has 0 atom stereocenters. The Morgan fingerprint density at radius 1 is 1.36 bits per heavy atom. The summed E-state index contributed by atoms with van der Waals surface area (Å²) in [6, 6.07) is 0.191. The van der Waals surface area contributed by atoms with Gasteiger partial charge in [0, 0.05) is 44.6 Å². The van der Waals surface area contributed by atoms with E-state index in [1.54, 1.807) is 11.3 Å². The van der Waals surface area contributed by atoms with Gasteiger partial charge >= 0.3 is 0 Å². The Labute approximate surface area is 154 Å². The molecule has 2 heterocycles. The molecule has 0 unspecified atom stereocenters. The van der Waals surface area contributed by atoms with Gasteiger partial charge in [-0.05, 0) is 20.3 Å². The van der Waals surface area contributed by atoms with Crippen molar-refractivity contribution >= 4 is 23.2 Å². The quantitative estimate of drug-likeness (QED) is 0.579. The number of carbonyl (C=O) groups excluding carboxylic acids is 1. The number of rotatable bonds is 6. The molecule has 1 aliphatic heterocycles. The molecule has 140 valence electrons. The first-order chi connectivity index (χ1) is 12.0. The van der Waals surface area contributed by atoms with Gasteiger partial charge in [0.15, 0.2) is 5.96 Å². The predicted octanol–water partition coefficient (Wildman–Crippen LogP) is 0.923. The van der Waals surface area contributed by atoms with E-state index in [9.17, 15) is 4.79 Å². The molecule has 1 aromatic heterocycles. The highest BCUT2D eigenvalue weighted by molar-refractivity contribution is 7.09. The molecule has 1 aromatic rings. The molecule has 0 saturated carbocycles. The zero-order valence-corrected chi connectivity index (χ0v) is 16.5. The fourth-order valence-corrected chi connectivity index (χ4v) is 3.53. The fourth-order valence-electron chi connectivity index (χ4n) is 2.78. The minimum absolute atomic E-state index is 0.0983. The highest BCUT2D eigenvalue weighted by Gasteiger charge is 2.21. The summed E-state index contributed by atoms with van der Waals surface area (Å²) < 4.78 is 0. The van der Waals surface area contributed by atoms with Crippen molar-refractivity contribution in [1.82, 2.24) is 25.4 Å². The molecule has 1 saturated heterocycles. The fraction of sp³-hybridized carbons (Fsp3) is 0.706. The van der Waals surface area contributed by atoms with Gasteiger partial charge < -0.3 is 15.5 Å². The molecule has 0 bridgehead atoms. The van der Waals surface area contributed by atoms with Gasteiger partial charge in [0.05, 0.1) is 23.8 Å². The first-order valence-corrected chi connectivity index (χ1v) is 9.80. The standard InChI is InChI=1S/C17H30N6OS/c1-5-16-21-14(12-25-16)10-19-17(18-4)23-8-6-22(7-9-23)11-15(24)20-13(2)3/h12-13H,5-11H2,1-4H3,(H,18,19)(H,20,24). The van der Waals surface area contributed by atoms with Crippen LogP contribution in [-0.4, -0.2) is 72.5 Å². The Balaban J connectivity index is 1.76. The summed E-state index contributed by atoms with van der Waals surface area (Å²) in [6.07, 6.45) is 0.978. The normalized spacial score (nSPS) is 16.4. The Kier molecular flexibility index (Phi) is 7.64. The van der Waals surface area contributed by atoms with E-state index in [4.69, 9.17) is 0 Å². The van der Waals surface area contributed by atoms with Crippen molar-refractivity contribution in [1.29, 1.82) is 0 Å². The van der Waals surface area contributed by atoms with Crippen LogP contribution in [0.3, 0.4) is 0 Å². The second-order valence-corrected chi connectivity index (χ2v) is 7.41. The van der Waals surface area contributed by atoms with Crippen LogP contribution >= 0.6 is 11.3 Å². The molecule has 7 nitrogen and oxygen atoms in total. The predicted molar refractivity (Wildman–Crippen MR) is 103 cm³/mol. The van der Waals surface area contributed by atoms with Gasteiger partial charge in [0.1, 0.15) is 0 Å². The number of nitrogens with one attached hydrogen (secondary N) is 2. The van der Waals surface area contributed by atoms with Gasteiger partial charge in [-0.1, -0.05) is 6.92 Å². The molecule has 25 heavy (non-hydrogen) atoms. The van der Waals surface area contributed by atoms with Crippen molar-refractivity contribution < 1.29 is 4.79 Å². The monoisotopic (exact) mass is 366 g/mol. The zero-order valence-electron chi connectivity index (χ0n) is 15.7. The number of carbonyl (C=O) groups is 1. The highest BCUT2D eigenvalue weighted by Crippen LogP contribution is 2.10. The van der Waals surface area contributed by atoms with Crippen molar-refractivity contribution in [2.24, 2.45) is 4.99 Å². The molecule has 2 rings (SSSR count). The lowest BCUT2D eigenvalue weighted by Gasteiger charge is -2.36. The molecule has 1 amide bonds. The maximum atomic E-state index is 11.9. The lowest BCUT2D eigenvalue weighted by molar-refractivity contribution is -0.123. The van der Waals surface area contributed by atoms with Crippen LogP contribution in [-0.2, 0) is 17.8 Å². The zero-order chi connectivity index (χ0) is 18.2. The number of hydrogen-bond donors (Lipinski definition) is 2. The molecular formula is C17H30N6OS. The third-order valence-corrected chi connectivity index (χ3v) is 5.07. The minimum Gasteiger partial charge on any atom is -0.353 e. The largest absolute Gasteiger partial charge is 0.353 e. The Morgan fingerprint density at radius 3 is 2.64 bits per heavy atom. The van der Waals surface area contributed by atoms with Crippen molar-refractivity contribution in [2.75, 3.05) is 39.8 Å². The van der Waals surface area contributed by atoms with E-state index in [1.807, 2.05) is 20.9 Å². The van der Waals surface area contributed by atoms with E-state index >= 15 is 0 Å². The number of guanidine groups is 1. The smallest absolute Gasteiger partial charge is 0.234 e. The number of aliphatic imine (C=N–C) groups is 1. The van der Waals surface area contributed by atoms with Gasteiger partial charge in [-0.15, -0.1) is 11.3 Å². The molecule has 1 aliphatic rings. The van der Waals surface area contributed by atoms with Crippen molar-refractivity contribution in [3.63, 3.8) is 0 Å². The molecule has 8 heteroatoms. The average Bonchev–Trinajstić information content (AvgIpc) is 3.04. The van der Waals surface area contributed by atoms with Crippen LogP contribution < -0.4 is 10.6 Å². The summed E-state index contributed by atoms with van der Waals surface area (Å²) in [5.74, 6) is 0.999. The maximum absolute atomic E-state index is 11.9. The van der Waals surface area contributed by atoms with E-state index in [2.05, 4.69) is 42.7 Å². The van der Waals surface area contributed by atoms with Gasteiger partial charge in [-0.2, -0.15) is 0 Å². The van der Waals surface area contributed by atoms with E-state index in [0.29, 0.717) is 13.1 Å². The number of hydrogen-bond acceptors (Lipinski definition) is 5. The topological polar surface area (TPSA) is 72.9 Å². The highest BCUT2D eigenvalue weighted by atomic mass is 32.1. The summed E-state index contributed by atoms with van der Waals surface area (Å²) in [5, 5.41) is 9.61. The molecule has 0 spiro atoms. The first kappa shape index (κ1) is 19.7. The molecule has 2 N–H and O–H groups in total. The van der Waals surface area contributed by atoms with E-state index in [-0.39, 0.29) is 11.9 Å². The van der Waals surface area contributed by atoms with Gasteiger partial charge in [0.25, 0.3) is 0 Å². The lowest BCUT2D eigenvalue weighted by atomic mass is 10.3. The van der Waals surface area contributed by atoms with Crippen LogP contribution in [0.1, 0.15) is 31.5 Å². The summed E-state index contributed by atoms with van der Waals surface area (Å²) in [5.41, 5.74) is 1.06. The molecule has 0 radical (unpaired) electrons. The second kappa shape index (κ2) is 9.72. The van der Waals surface area contributed by atoms with Crippen LogP contribution in [0.15, 0.2) is 10.4 Å². The number of aromatic nitrogens is 1. The number of aryl methyl sites for hydroxylation is 1. The van der Waals surface area contributed by atoms with E-state index < -0.39 is 0 Å².